The summed E-state index contributed by atoms with van der Waals surface area (Å²) in [6.07, 6.45) is 1.16. The van der Waals surface area contributed by atoms with E-state index in [1.165, 1.54) is 11.2 Å². The number of aliphatic hydroxyl groups is 1. The second-order valence-electron chi connectivity index (χ2n) is 7.35. The number of benzene rings is 2. The summed E-state index contributed by atoms with van der Waals surface area (Å²) in [4.78, 5) is 27.8. The lowest BCUT2D eigenvalue weighted by Gasteiger charge is -2.23. The quantitative estimate of drug-likeness (QED) is 0.627. The van der Waals surface area contributed by atoms with Gasteiger partial charge < -0.3 is 14.4 Å². The first-order valence-electron chi connectivity index (χ1n) is 9.27. The van der Waals surface area contributed by atoms with Gasteiger partial charge >= 0.3 is 0 Å². The molecule has 0 unspecified atom stereocenters. The van der Waals surface area contributed by atoms with E-state index in [1.807, 2.05) is 12.1 Å². The molecule has 1 aliphatic rings. The van der Waals surface area contributed by atoms with E-state index >= 15 is 0 Å². The molecular formula is C23H20ClNO4. The zero-order valence-electron chi connectivity index (χ0n) is 16.1. The minimum absolute atomic E-state index is 0.271. The molecule has 0 radical (unpaired) electrons. The number of nitrogens with zero attached hydrogens (tertiary/aromatic N) is 1. The molecule has 1 aromatic heterocycles. The van der Waals surface area contributed by atoms with Crippen molar-refractivity contribution >= 4 is 29.0 Å². The standard InChI is InChI=1S/C23H20ClNO4/c1-14-13-29-15(2)21(14)20(26)11-23(28)18-5-3-4-6-19(18)25(22(23)27)12-16-7-9-17(24)10-8-16/h3-10,13,28H,11-12H2,1-2H3/t23-/m1/s1. The number of hydrogen-bond acceptors (Lipinski definition) is 4. The van der Waals surface area contributed by atoms with Crippen LogP contribution >= 0.6 is 11.6 Å². The molecule has 0 saturated heterocycles. The number of rotatable bonds is 5. The number of aryl methyl sites for hydroxylation is 2. The first-order chi connectivity index (χ1) is 13.8. The Hall–Kier alpha value is -2.89. The van der Waals surface area contributed by atoms with Crippen LogP contribution in [0.15, 0.2) is 59.2 Å². The zero-order chi connectivity index (χ0) is 20.8. The lowest BCUT2D eigenvalue weighted by atomic mass is 9.87. The molecule has 0 fully saturated rings. The van der Waals surface area contributed by atoms with Crippen LogP contribution in [0.2, 0.25) is 5.02 Å². The number of hydrogen-bond donors (Lipinski definition) is 1. The number of amides is 1. The number of fused-ring (bicyclic) bond motifs is 1. The van der Waals surface area contributed by atoms with Gasteiger partial charge in [-0.1, -0.05) is 41.9 Å². The van der Waals surface area contributed by atoms with Gasteiger partial charge in [0.2, 0.25) is 0 Å². The van der Waals surface area contributed by atoms with E-state index in [1.54, 1.807) is 50.2 Å². The van der Waals surface area contributed by atoms with Crippen molar-refractivity contribution in [1.29, 1.82) is 0 Å². The maximum absolute atomic E-state index is 13.3. The summed E-state index contributed by atoms with van der Waals surface area (Å²) in [5, 5.41) is 12.0. The highest BCUT2D eigenvalue weighted by atomic mass is 35.5. The van der Waals surface area contributed by atoms with E-state index in [9.17, 15) is 14.7 Å². The molecule has 0 saturated carbocycles. The van der Waals surface area contributed by atoms with Crippen LogP contribution < -0.4 is 4.90 Å². The lowest BCUT2D eigenvalue weighted by Crippen LogP contribution is -2.41. The van der Waals surface area contributed by atoms with Crippen LogP contribution in [0, 0.1) is 13.8 Å². The fourth-order valence-electron chi connectivity index (χ4n) is 3.92. The number of furan rings is 1. The summed E-state index contributed by atoms with van der Waals surface area (Å²) in [6.45, 7) is 3.74. The first-order valence-corrected chi connectivity index (χ1v) is 9.65. The third kappa shape index (κ3) is 3.26. The minimum atomic E-state index is -1.92. The summed E-state index contributed by atoms with van der Waals surface area (Å²) in [6, 6.07) is 14.2. The molecule has 1 aliphatic heterocycles. The molecular weight excluding hydrogens is 390 g/mol. The molecule has 1 N–H and O–H groups in total. The highest BCUT2D eigenvalue weighted by Crippen LogP contribution is 2.43. The predicted molar refractivity (Wildman–Crippen MR) is 110 cm³/mol. The van der Waals surface area contributed by atoms with Gasteiger partial charge in [-0.05, 0) is 43.2 Å². The Morgan fingerprint density at radius 3 is 2.48 bits per heavy atom. The average Bonchev–Trinajstić information content (AvgIpc) is 3.14. The second-order valence-corrected chi connectivity index (χ2v) is 7.78. The van der Waals surface area contributed by atoms with Gasteiger partial charge in [-0.25, -0.2) is 0 Å². The van der Waals surface area contributed by atoms with Crippen molar-refractivity contribution in [3.05, 3.63) is 87.8 Å². The molecule has 29 heavy (non-hydrogen) atoms. The van der Waals surface area contributed by atoms with Gasteiger partial charge in [-0.15, -0.1) is 0 Å². The van der Waals surface area contributed by atoms with E-state index in [2.05, 4.69) is 0 Å². The lowest BCUT2D eigenvalue weighted by molar-refractivity contribution is -0.136. The summed E-state index contributed by atoms with van der Waals surface area (Å²) in [5.74, 6) is -0.360. The van der Waals surface area contributed by atoms with E-state index in [-0.39, 0.29) is 18.7 Å². The smallest absolute Gasteiger partial charge is 0.264 e. The first kappa shape index (κ1) is 19.4. The number of ketones is 1. The number of halogens is 1. The van der Waals surface area contributed by atoms with Crippen LogP contribution in [0.3, 0.4) is 0 Å². The molecule has 3 aromatic rings. The van der Waals surface area contributed by atoms with Crippen LogP contribution in [0.25, 0.3) is 0 Å². The monoisotopic (exact) mass is 409 g/mol. The van der Waals surface area contributed by atoms with Crippen molar-refractivity contribution in [2.75, 3.05) is 4.90 Å². The number of Topliss-reactive ketones (excluding diaryl/α,β-unsaturated/α-hetero) is 1. The minimum Gasteiger partial charge on any atom is -0.469 e. The Morgan fingerprint density at radius 2 is 1.83 bits per heavy atom. The summed E-state index contributed by atoms with van der Waals surface area (Å²) in [7, 11) is 0. The Kier molecular flexibility index (Phi) is 4.81. The van der Waals surface area contributed by atoms with E-state index in [0.29, 0.717) is 33.2 Å². The van der Waals surface area contributed by atoms with Crippen molar-refractivity contribution in [3.63, 3.8) is 0 Å². The Balaban J connectivity index is 1.69. The molecule has 0 spiro atoms. The third-order valence-corrected chi connectivity index (χ3v) is 5.60. The molecule has 2 heterocycles. The fraction of sp³-hybridized carbons (Fsp3) is 0.217. The summed E-state index contributed by atoms with van der Waals surface area (Å²) < 4.78 is 5.31. The largest absolute Gasteiger partial charge is 0.469 e. The Labute approximate surface area is 173 Å². The molecule has 0 aliphatic carbocycles. The predicted octanol–water partition coefficient (Wildman–Crippen LogP) is 4.56. The van der Waals surface area contributed by atoms with Crippen LogP contribution in [0.5, 0.6) is 0 Å². The van der Waals surface area contributed by atoms with Gasteiger partial charge in [0, 0.05) is 10.6 Å². The molecule has 4 rings (SSSR count). The van der Waals surface area contributed by atoms with E-state index in [4.69, 9.17) is 16.0 Å². The van der Waals surface area contributed by atoms with Crippen LogP contribution in [0.4, 0.5) is 5.69 Å². The second kappa shape index (κ2) is 7.17. The molecule has 1 atom stereocenters. The third-order valence-electron chi connectivity index (χ3n) is 5.35. The fourth-order valence-corrected chi connectivity index (χ4v) is 4.04. The highest BCUT2D eigenvalue weighted by molar-refractivity contribution is 6.30. The van der Waals surface area contributed by atoms with Crippen molar-refractivity contribution in [3.8, 4) is 0 Å². The molecule has 2 aromatic carbocycles. The van der Waals surface area contributed by atoms with Gasteiger partial charge in [0.25, 0.3) is 5.91 Å². The molecule has 148 valence electrons. The zero-order valence-corrected chi connectivity index (χ0v) is 16.9. The highest BCUT2D eigenvalue weighted by Gasteiger charge is 2.51. The van der Waals surface area contributed by atoms with Crippen molar-refractivity contribution in [2.45, 2.75) is 32.4 Å². The van der Waals surface area contributed by atoms with E-state index < -0.39 is 11.5 Å². The van der Waals surface area contributed by atoms with Crippen molar-refractivity contribution < 1.29 is 19.1 Å². The normalized spacial score (nSPS) is 18.2. The number of anilines is 1. The Morgan fingerprint density at radius 1 is 1.14 bits per heavy atom. The van der Waals surface area contributed by atoms with Crippen LogP contribution in [0.1, 0.15) is 39.2 Å². The SMILES string of the molecule is Cc1coc(C)c1C(=O)C[C@]1(O)C(=O)N(Cc2ccc(Cl)cc2)c2ccccc21. The van der Waals surface area contributed by atoms with Gasteiger partial charge in [0.1, 0.15) is 5.76 Å². The number of carbonyl (C=O) groups is 2. The molecule has 1 amide bonds. The summed E-state index contributed by atoms with van der Waals surface area (Å²) in [5.41, 5.74) is 1.09. The van der Waals surface area contributed by atoms with Crippen molar-refractivity contribution in [1.82, 2.24) is 0 Å². The average molecular weight is 410 g/mol. The van der Waals surface area contributed by atoms with Gasteiger partial charge in [-0.2, -0.15) is 0 Å². The van der Waals surface area contributed by atoms with Gasteiger partial charge in [0.05, 0.1) is 30.5 Å². The molecule has 0 bridgehead atoms. The van der Waals surface area contributed by atoms with Crippen LogP contribution in [-0.2, 0) is 16.9 Å². The number of para-hydroxylation sites is 1. The van der Waals surface area contributed by atoms with E-state index in [0.717, 1.165) is 5.56 Å². The van der Waals surface area contributed by atoms with Crippen molar-refractivity contribution in [2.24, 2.45) is 0 Å². The van der Waals surface area contributed by atoms with Gasteiger partial charge in [-0.3, -0.25) is 9.59 Å². The maximum atomic E-state index is 13.3. The van der Waals surface area contributed by atoms with Gasteiger partial charge in [0.15, 0.2) is 11.4 Å². The number of carbonyl (C=O) groups excluding carboxylic acids is 2. The molecule has 6 heteroatoms. The summed E-state index contributed by atoms with van der Waals surface area (Å²) >= 11 is 5.95. The molecule has 5 nitrogen and oxygen atoms in total. The maximum Gasteiger partial charge on any atom is 0.264 e. The Bertz CT molecular complexity index is 1080. The topological polar surface area (TPSA) is 70.7 Å². The van der Waals surface area contributed by atoms with Crippen LogP contribution in [-0.4, -0.2) is 16.8 Å².